The van der Waals surface area contributed by atoms with Crippen LogP contribution in [0.3, 0.4) is 0 Å². The number of nitrogens with one attached hydrogen (secondary N) is 1. The number of fused-ring (bicyclic) bond motifs is 3. The number of esters is 1. The fourth-order valence-corrected chi connectivity index (χ4v) is 18.3. The van der Waals surface area contributed by atoms with Gasteiger partial charge in [-0.15, -0.1) is 0 Å². The maximum Gasteiger partial charge on any atom is 0.345 e. The van der Waals surface area contributed by atoms with Crippen LogP contribution in [0.1, 0.15) is 158 Å². The second kappa shape index (κ2) is 43.8. The molecule has 125 heavy (non-hydrogen) atoms. The largest absolute Gasteiger partial charge is 0.493 e. The van der Waals surface area contributed by atoms with Gasteiger partial charge in [0.05, 0.1) is 129 Å². The van der Waals surface area contributed by atoms with E-state index in [2.05, 4.69) is 21.2 Å². The highest BCUT2D eigenvalue weighted by Gasteiger charge is 2.43. The monoisotopic (exact) mass is 1880 g/mol. The number of hydrogen-bond acceptors (Lipinski definition) is 28. The molecule has 0 aromatic heterocycles. The second-order valence-corrected chi connectivity index (χ2v) is 38.5. The normalized spacial score (nSPS) is 14.2. The number of benzene rings is 8. The minimum Gasteiger partial charge on any atom is -0.493 e. The van der Waals surface area contributed by atoms with Crippen molar-refractivity contribution in [1.82, 2.24) is 14.7 Å². The number of nitro benzene ring substituents is 2. The molecule has 0 radical (unpaired) electrons. The highest BCUT2D eigenvalue weighted by atomic mass is 79.9. The molecule has 674 valence electrons. The summed E-state index contributed by atoms with van der Waals surface area (Å²) in [5.74, 6) is 1.37. The van der Waals surface area contributed by atoms with Crippen molar-refractivity contribution in [3.8, 4) is 46.0 Å². The number of halogens is 1. The zero-order valence-electron chi connectivity index (χ0n) is 71.4. The van der Waals surface area contributed by atoms with E-state index in [1.165, 1.54) is 56.8 Å². The molecule has 8 aromatic rings. The lowest BCUT2D eigenvalue weighted by molar-refractivity contribution is -0.385. The maximum absolute atomic E-state index is 13.5. The predicted molar refractivity (Wildman–Crippen MR) is 474 cm³/mol. The van der Waals surface area contributed by atoms with Crippen molar-refractivity contribution in [3.63, 3.8) is 0 Å². The Hall–Kier alpha value is -11.7. The Morgan fingerprint density at radius 3 is 1.17 bits per heavy atom. The smallest absolute Gasteiger partial charge is 0.345 e. The molecular formula is C86H103BrN8O26S4. The molecule has 1 saturated carbocycles. The SMILES string of the molecule is CCOC(=O)c1c(CBr)cccc1[N+](=O)[O-].CCOc1cc([C@@H]([13CH2]S([13CH3])(=O)=O)N2Cc3cccc(N)c3C2=O)ccc1OC.CCOc1cc([C@@H]([13CH2]S([13CH3])(=O)=O)N2Cc3cccc(NC(=O)C4CC4)c3C2=O)ccc1OC.CCOc1cc([C@@H]([13CH2]S([13CH3])(=O)=O)N2Cc3cccc([N+](=O)[O-])c3C2=O)ccc1OC.CCOc1cc([C@H](N)[13CH2]S([13CH3])(=O)=O)ccc1OC. The highest BCUT2D eigenvalue weighted by molar-refractivity contribution is 9.08. The third-order valence-electron chi connectivity index (χ3n) is 19.8. The molecule has 0 unspecified atom stereocenters. The van der Waals surface area contributed by atoms with Crippen molar-refractivity contribution in [2.24, 2.45) is 11.7 Å². The van der Waals surface area contributed by atoms with Gasteiger partial charge in [0.1, 0.15) is 50.5 Å². The van der Waals surface area contributed by atoms with Crippen LogP contribution in [0.25, 0.3) is 0 Å². The lowest BCUT2D eigenvalue weighted by Gasteiger charge is -2.28. The Bertz CT molecular complexity index is 5780. The van der Waals surface area contributed by atoms with Gasteiger partial charge in [-0.1, -0.05) is 88.7 Å². The van der Waals surface area contributed by atoms with Crippen molar-refractivity contribution in [1.29, 1.82) is 0 Å². The summed E-state index contributed by atoms with van der Waals surface area (Å²) in [5.41, 5.74) is 18.2. The average molecular weight is 1880 g/mol. The molecular weight excluding hydrogens is 1780 g/mol. The summed E-state index contributed by atoms with van der Waals surface area (Å²) in [6.07, 6.45) is 6.29. The van der Waals surface area contributed by atoms with E-state index >= 15 is 0 Å². The Balaban J connectivity index is 0.000000198. The van der Waals surface area contributed by atoms with Crippen LogP contribution in [0.15, 0.2) is 146 Å². The van der Waals surface area contributed by atoms with Gasteiger partial charge in [0.25, 0.3) is 29.1 Å². The number of amides is 4. The molecule has 4 aliphatic rings. The van der Waals surface area contributed by atoms with E-state index < -0.39 is 85.2 Å². The quantitative estimate of drug-likeness (QED) is 0.00842. The molecule has 3 heterocycles. The molecule has 39 heteroatoms. The first kappa shape index (κ1) is 98.8. The number of hydrogen-bond donors (Lipinski definition) is 3. The van der Waals surface area contributed by atoms with E-state index in [9.17, 15) is 77.9 Å². The van der Waals surface area contributed by atoms with E-state index in [1.54, 1.807) is 140 Å². The number of carbonyl (C=O) groups excluding carboxylic acids is 5. The van der Waals surface area contributed by atoms with Crippen LogP contribution < -0.4 is 54.7 Å². The Labute approximate surface area is 735 Å². The number of nitrogens with two attached hydrogens (primary N) is 2. The standard InChI is InChI=1S/C24H28N2O6S.C20H22N2O7S.C20H24N2O5S.C12H19NO4S.C10H10BrNO4/c1-4-32-21-12-16(10-11-20(21)31-2)19(14-33(3,29)30)26-13-17-6-5-7-18(22(17)24(26)28)25-23(27)15-8-9-15;1-4-29-18-10-13(8-9-17(18)28-2)16(12-30(3,26)27)21-11-14-6-5-7-15(22(24)25)19(14)20(21)23;1-4-27-18-10-13(8-9-17(18)26-2)16(12-28(3,24)25)22-11-14-6-5-7-15(21)19(14)20(22)23;1-4-17-12-7-9(5-6-11(12)16-2)10(13)8-18(3,14)15;1-2-16-10(13)9-7(6-11)4-3-5-8(9)12(14)15/h5-7,10-12,15,19H,4,8-9,13-14H2,1-3H3,(H,25,27);5-10,16H,4,11-12H2,1-3H3;5-10,16H,4,11-12,21H2,1-3H3;5-7,10H,4,8,13H2,1-3H3;3-5H,2,6H2,1H3/t19-;2*16-;10-;/m1111./s1/i3+1,14+1;2*3+1,12+1;3+1,8+1;. The van der Waals surface area contributed by atoms with Gasteiger partial charge < -0.3 is 74.1 Å². The fourth-order valence-electron chi connectivity index (χ4n) is 14.1. The summed E-state index contributed by atoms with van der Waals surface area (Å²) in [6, 6.07) is 37.3. The maximum atomic E-state index is 13.5. The minimum absolute atomic E-state index is 0.000422. The third-order valence-corrected chi connectivity index (χ3v) is 24.1. The van der Waals surface area contributed by atoms with Gasteiger partial charge in [-0.05, 0) is 153 Å². The number of rotatable bonds is 34. The van der Waals surface area contributed by atoms with Crippen LogP contribution in [0.5, 0.6) is 46.0 Å². The Kier molecular flexibility index (Phi) is 34.6. The third kappa shape index (κ3) is 26.2. The van der Waals surface area contributed by atoms with Crippen LogP contribution in [0, 0.1) is 26.1 Å². The van der Waals surface area contributed by atoms with E-state index in [0.717, 1.165) is 42.7 Å². The number of carbonyl (C=O) groups is 5. The number of ether oxygens (including phenoxy) is 9. The minimum atomic E-state index is -3.49. The molecule has 0 bridgehead atoms. The number of sulfone groups is 4. The molecule has 4 amide bonds. The average Bonchev–Trinajstić information content (AvgIpc) is 1.64. The van der Waals surface area contributed by atoms with E-state index in [4.69, 9.17) is 54.1 Å². The Morgan fingerprint density at radius 1 is 0.464 bits per heavy atom. The second-order valence-electron chi connectivity index (χ2n) is 29.2. The highest BCUT2D eigenvalue weighted by Crippen LogP contribution is 2.44. The van der Waals surface area contributed by atoms with Gasteiger partial charge in [-0.25, -0.2) is 38.5 Å². The van der Waals surface area contributed by atoms with Crippen LogP contribution in [-0.2, 0) is 73.8 Å². The van der Waals surface area contributed by atoms with Crippen molar-refractivity contribution in [2.75, 3.05) is 121 Å². The lowest BCUT2D eigenvalue weighted by atomic mass is 10.1. The number of alkyl halides is 1. The number of nitrogen functional groups attached to an aromatic ring is 1. The molecule has 34 nitrogen and oxygen atoms in total. The number of anilines is 2. The number of nitrogens with zero attached hydrogens (tertiary/aromatic N) is 5. The molecule has 1 fully saturated rings. The van der Waals surface area contributed by atoms with Crippen LogP contribution in [0.4, 0.5) is 22.7 Å². The van der Waals surface area contributed by atoms with Gasteiger partial charge in [-0.3, -0.25) is 39.4 Å². The predicted octanol–water partition coefficient (Wildman–Crippen LogP) is 12.2. The molecule has 8 aromatic carbocycles. The van der Waals surface area contributed by atoms with Gasteiger partial charge in [0, 0.05) is 79.8 Å². The molecule has 3 aliphatic heterocycles. The molecule has 0 saturated heterocycles. The first-order valence-corrected chi connectivity index (χ1v) is 48.7. The first-order chi connectivity index (χ1) is 59.1. The molecule has 5 N–H and O–H groups in total. The van der Waals surface area contributed by atoms with Crippen molar-refractivity contribution in [3.05, 3.63) is 233 Å². The summed E-state index contributed by atoms with van der Waals surface area (Å²) in [4.78, 5) is 89.1. The van der Waals surface area contributed by atoms with Crippen LogP contribution in [-0.4, -0.2) is 197 Å². The van der Waals surface area contributed by atoms with Gasteiger partial charge in [-0.2, -0.15) is 0 Å². The van der Waals surface area contributed by atoms with Gasteiger partial charge in [0.15, 0.2) is 46.0 Å². The Morgan fingerprint density at radius 2 is 0.808 bits per heavy atom. The molecule has 0 spiro atoms. The zero-order valence-corrected chi connectivity index (χ0v) is 76.2. The van der Waals surface area contributed by atoms with E-state index in [-0.39, 0.29) is 88.8 Å². The zero-order chi connectivity index (χ0) is 92.2. The fraction of sp³-hybridized carbons (Fsp3) is 0.384. The number of nitro groups is 2. The first-order valence-electron chi connectivity index (χ1n) is 39.3. The summed E-state index contributed by atoms with van der Waals surface area (Å²) < 4.78 is 144. The van der Waals surface area contributed by atoms with Crippen molar-refractivity contribution in [2.45, 2.75) is 96.6 Å². The topological polar surface area (TPSA) is 465 Å². The van der Waals surface area contributed by atoms with Crippen molar-refractivity contribution >= 4 is 108 Å². The lowest BCUT2D eigenvalue weighted by Crippen LogP contribution is -2.34. The summed E-state index contributed by atoms with van der Waals surface area (Å²) in [5, 5.41) is 25.4. The van der Waals surface area contributed by atoms with Crippen LogP contribution >= 0.6 is 15.9 Å². The summed E-state index contributed by atoms with van der Waals surface area (Å²) >= 11 is 3.18. The van der Waals surface area contributed by atoms with E-state index in [0.29, 0.717) is 140 Å². The van der Waals surface area contributed by atoms with E-state index in [1.807, 2.05) is 32.9 Å². The summed E-state index contributed by atoms with van der Waals surface area (Å²) in [7, 11) is -7.28. The molecule has 12 rings (SSSR count). The summed E-state index contributed by atoms with van der Waals surface area (Å²) in [6.45, 7) is 11.5. The van der Waals surface area contributed by atoms with Crippen LogP contribution in [0.2, 0.25) is 0 Å². The van der Waals surface area contributed by atoms with Gasteiger partial charge in [0.2, 0.25) is 5.91 Å². The number of methoxy groups -OCH3 is 4. The molecule has 4 atom stereocenters. The molecule has 1 aliphatic carbocycles. The van der Waals surface area contributed by atoms with Gasteiger partial charge >= 0.3 is 5.97 Å². The van der Waals surface area contributed by atoms with Crippen molar-refractivity contribution < 1.29 is 110 Å².